The quantitative estimate of drug-likeness (QED) is 0.690. The van der Waals surface area contributed by atoms with E-state index in [4.69, 9.17) is 10.00 Å². The lowest BCUT2D eigenvalue weighted by Gasteiger charge is -2.07. The van der Waals surface area contributed by atoms with Gasteiger partial charge in [0, 0.05) is 17.3 Å². The maximum Gasteiger partial charge on any atom is 0.312 e. The van der Waals surface area contributed by atoms with Crippen molar-refractivity contribution in [2.45, 2.75) is 0 Å². The molecule has 7 nitrogen and oxygen atoms in total. The van der Waals surface area contributed by atoms with Crippen LogP contribution in [0.15, 0.2) is 42.5 Å². The van der Waals surface area contributed by atoms with Crippen molar-refractivity contribution in [2.24, 2.45) is 0 Å². The van der Waals surface area contributed by atoms with Crippen LogP contribution in [0, 0.1) is 21.4 Å². The topological polar surface area (TPSA) is 105 Å². The van der Waals surface area contributed by atoms with E-state index in [1.807, 2.05) is 6.07 Å². The van der Waals surface area contributed by atoms with Gasteiger partial charge in [0.15, 0.2) is 5.75 Å². The molecule has 0 radical (unpaired) electrons. The fourth-order valence-corrected chi connectivity index (χ4v) is 1.84. The molecule has 0 atom stereocenters. The van der Waals surface area contributed by atoms with Crippen molar-refractivity contribution in [2.75, 3.05) is 12.4 Å². The van der Waals surface area contributed by atoms with Gasteiger partial charge in [0.2, 0.25) is 0 Å². The molecule has 0 aromatic heterocycles. The summed E-state index contributed by atoms with van der Waals surface area (Å²) in [6.45, 7) is 0. The zero-order valence-corrected chi connectivity index (χ0v) is 11.6. The molecule has 0 saturated carbocycles. The summed E-state index contributed by atoms with van der Waals surface area (Å²) in [5, 5.41) is 22.3. The van der Waals surface area contributed by atoms with E-state index in [2.05, 4.69) is 5.32 Å². The molecule has 0 aliphatic carbocycles. The lowest BCUT2D eigenvalue weighted by molar-refractivity contribution is -0.385. The van der Waals surface area contributed by atoms with Crippen LogP contribution in [0.5, 0.6) is 5.75 Å². The van der Waals surface area contributed by atoms with E-state index in [0.29, 0.717) is 5.56 Å². The van der Waals surface area contributed by atoms with Gasteiger partial charge in [0.1, 0.15) is 0 Å². The number of hydrogen-bond donors (Lipinski definition) is 1. The molecule has 0 unspecified atom stereocenters. The highest BCUT2D eigenvalue weighted by Gasteiger charge is 2.16. The number of nitrogens with zero attached hydrogens (tertiary/aromatic N) is 2. The summed E-state index contributed by atoms with van der Waals surface area (Å²) in [4.78, 5) is 22.5. The van der Waals surface area contributed by atoms with Crippen molar-refractivity contribution >= 4 is 17.3 Å². The third-order valence-corrected chi connectivity index (χ3v) is 2.89. The molecule has 0 heterocycles. The van der Waals surface area contributed by atoms with Gasteiger partial charge in [-0.05, 0) is 30.3 Å². The van der Waals surface area contributed by atoms with E-state index in [1.54, 1.807) is 18.2 Å². The van der Waals surface area contributed by atoms with Gasteiger partial charge < -0.3 is 10.1 Å². The molecule has 2 rings (SSSR count). The Morgan fingerprint density at radius 1 is 1.32 bits per heavy atom. The number of carbonyl (C=O) groups excluding carboxylic acids is 1. The molecule has 110 valence electrons. The number of ether oxygens (including phenoxy) is 1. The van der Waals surface area contributed by atoms with Crippen LogP contribution in [0.1, 0.15) is 15.9 Å². The number of nitriles is 1. The van der Waals surface area contributed by atoms with Crippen molar-refractivity contribution in [1.29, 1.82) is 5.26 Å². The maximum absolute atomic E-state index is 12.1. The Morgan fingerprint density at radius 3 is 2.73 bits per heavy atom. The summed E-state index contributed by atoms with van der Waals surface area (Å²) in [5.41, 5.74) is 0.664. The first-order valence-corrected chi connectivity index (χ1v) is 6.19. The van der Waals surface area contributed by atoms with Crippen molar-refractivity contribution in [3.8, 4) is 11.8 Å². The van der Waals surface area contributed by atoms with Gasteiger partial charge in [0.05, 0.1) is 23.7 Å². The van der Waals surface area contributed by atoms with Gasteiger partial charge >= 0.3 is 5.69 Å². The minimum absolute atomic E-state index is 0.106. The summed E-state index contributed by atoms with van der Waals surface area (Å²) in [7, 11) is 1.33. The Bertz CT molecular complexity index is 781. The Labute approximate surface area is 125 Å². The smallest absolute Gasteiger partial charge is 0.312 e. The van der Waals surface area contributed by atoms with E-state index >= 15 is 0 Å². The van der Waals surface area contributed by atoms with Gasteiger partial charge in [-0.2, -0.15) is 5.26 Å². The van der Waals surface area contributed by atoms with Crippen molar-refractivity contribution in [3.63, 3.8) is 0 Å². The van der Waals surface area contributed by atoms with Crippen LogP contribution in [0.3, 0.4) is 0 Å². The highest BCUT2D eigenvalue weighted by Crippen LogP contribution is 2.29. The van der Waals surface area contributed by atoms with Crippen LogP contribution in [0.25, 0.3) is 0 Å². The molecule has 2 aromatic rings. The van der Waals surface area contributed by atoms with Gasteiger partial charge in [-0.25, -0.2) is 0 Å². The number of benzene rings is 2. The molecule has 0 spiro atoms. The Balaban J connectivity index is 2.27. The van der Waals surface area contributed by atoms with Crippen LogP contribution in [-0.2, 0) is 0 Å². The second-order valence-corrected chi connectivity index (χ2v) is 4.29. The number of rotatable bonds is 4. The highest BCUT2D eigenvalue weighted by molar-refractivity contribution is 6.04. The van der Waals surface area contributed by atoms with E-state index < -0.39 is 10.8 Å². The second kappa shape index (κ2) is 6.37. The Hall–Kier alpha value is -3.40. The molecule has 1 N–H and O–H groups in total. The molecule has 7 heteroatoms. The largest absolute Gasteiger partial charge is 0.490 e. The summed E-state index contributed by atoms with van der Waals surface area (Å²) in [5.74, 6) is -0.356. The molecule has 0 saturated heterocycles. The number of nitro groups is 1. The predicted molar refractivity (Wildman–Crippen MR) is 78.8 cm³/mol. The third-order valence-electron chi connectivity index (χ3n) is 2.89. The van der Waals surface area contributed by atoms with Crippen LogP contribution < -0.4 is 10.1 Å². The third kappa shape index (κ3) is 3.19. The minimum Gasteiger partial charge on any atom is -0.490 e. The van der Waals surface area contributed by atoms with Crippen LogP contribution >= 0.6 is 0 Å². The van der Waals surface area contributed by atoms with Crippen molar-refractivity contribution in [3.05, 3.63) is 63.7 Å². The van der Waals surface area contributed by atoms with Gasteiger partial charge in [-0.15, -0.1) is 0 Å². The number of methoxy groups -OCH3 is 1. The number of amides is 1. The van der Waals surface area contributed by atoms with Gasteiger partial charge in [-0.1, -0.05) is 6.07 Å². The second-order valence-electron chi connectivity index (χ2n) is 4.29. The number of hydrogen-bond acceptors (Lipinski definition) is 5. The minimum atomic E-state index is -0.592. The van der Waals surface area contributed by atoms with Crippen molar-refractivity contribution < 1.29 is 14.5 Å². The maximum atomic E-state index is 12.1. The molecular weight excluding hydrogens is 286 g/mol. The predicted octanol–water partition coefficient (Wildman–Crippen LogP) is 2.73. The first-order valence-electron chi connectivity index (χ1n) is 6.19. The molecule has 0 aliphatic rings. The van der Waals surface area contributed by atoms with E-state index in [1.165, 1.54) is 31.4 Å². The molecule has 2 aromatic carbocycles. The monoisotopic (exact) mass is 297 g/mol. The van der Waals surface area contributed by atoms with E-state index in [9.17, 15) is 14.9 Å². The zero-order valence-electron chi connectivity index (χ0n) is 11.6. The zero-order chi connectivity index (χ0) is 16.1. The number of carbonyl (C=O) groups is 1. The average Bonchev–Trinajstić information content (AvgIpc) is 2.54. The van der Waals surface area contributed by atoms with Gasteiger partial charge in [0.25, 0.3) is 5.91 Å². The standard InChI is InChI=1S/C15H11N3O4/c1-22-14-6-5-12(8-13(14)18(20)21)17-15(19)11-4-2-3-10(7-11)9-16/h2-8H,1H3,(H,17,19). The lowest BCUT2D eigenvalue weighted by Crippen LogP contribution is -2.12. The van der Waals surface area contributed by atoms with Crippen LogP contribution in [0.2, 0.25) is 0 Å². The van der Waals surface area contributed by atoms with Crippen LogP contribution in [0.4, 0.5) is 11.4 Å². The fraction of sp³-hybridized carbons (Fsp3) is 0.0667. The average molecular weight is 297 g/mol. The van der Waals surface area contributed by atoms with E-state index in [0.717, 1.165) is 0 Å². The normalized spacial score (nSPS) is 9.64. The van der Waals surface area contributed by atoms with Gasteiger partial charge in [-0.3, -0.25) is 14.9 Å². The number of anilines is 1. The molecule has 0 bridgehead atoms. The molecule has 22 heavy (non-hydrogen) atoms. The lowest BCUT2D eigenvalue weighted by atomic mass is 10.1. The summed E-state index contributed by atoms with van der Waals surface area (Å²) in [6.07, 6.45) is 0. The first kappa shape index (κ1) is 15.0. The molecular formula is C15H11N3O4. The van der Waals surface area contributed by atoms with E-state index in [-0.39, 0.29) is 22.7 Å². The molecule has 0 fully saturated rings. The summed E-state index contributed by atoms with van der Waals surface area (Å²) < 4.78 is 4.89. The SMILES string of the molecule is COc1ccc(NC(=O)c2cccc(C#N)c2)cc1[N+](=O)[O-]. The fourth-order valence-electron chi connectivity index (χ4n) is 1.84. The first-order chi connectivity index (χ1) is 10.5. The summed E-state index contributed by atoms with van der Waals surface area (Å²) >= 11 is 0. The molecule has 1 amide bonds. The Kier molecular flexibility index (Phi) is 4.34. The number of nitro benzene ring substituents is 1. The van der Waals surface area contributed by atoms with Crippen LogP contribution in [-0.4, -0.2) is 17.9 Å². The summed E-state index contributed by atoms with van der Waals surface area (Å²) in [6, 6.07) is 12.2. The number of nitrogens with one attached hydrogen (secondary N) is 1. The molecule has 0 aliphatic heterocycles. The highest BCUT2D eigenvalue weighted by atomic mass is 16.6. The van der Waals surface area contributed by atoms with Crippen molar-refractivity contribution in [1.82, 2.24) is 0 Å². The Morgan fingerprint density at radius 2 is 2.09 bits per heavy atom.